The number of nitrogens with zero attached hydrogens (tertiary/aromatic N) is 2. The number of ether oxygens (including phenoxy) is 1. The van der Waals surface area contributed by atoms with Gasteiger partial charge in [0.05, 0.1) is 23.3 Å². The Kier molecular flexibility index (Phi) is 3.75. The maximum Gasteiger partial charge on any atom is 0.335 e. The van der Waals surface area contributed by atoms with E-state index in [4.69, 9.17) is 9.57 Å². The molecule has 0 amide bonds. The van der Waals surface area contributed by atoms with Crippen molar-refractivity contribution in [2.75, 3.05) is 6.61 Å². The average molecular weight is 360 g/mol. The van der Waals surface area contributed by atoms with E-state index in [1.165, 1.54) is 16.9 Å². The normalized spacial score (nSPS) is 16.2. The number of carboxylic acid groups (broad SMARTS) is 1. The van der Waals surface area contributed by atoms with Crippen LogP contribution in [0.15, 0.2) is 30.3 Å². The zero-order valence-electron chi connectivity index (χ0n) is 13.7. The summed E-state index contributed by atoms with van der Waals surface area (Å²) in [5, 5.41) is 9.18. The van der Waals surface area contributed by atoms with Gasteiger partial charge in [-0.25, -0.2) is 18.6 Å². The van der Waals surface area contributed by atoms with Crippen LogP contribution < -0.4 is 9.57 Å². The number of aryl methyl sites for hydroxylation is 1. The summed E-state index contributed by atoms with van der Waals surface area (Å²) in [4.78, 5) is 21.5. The molecular formula is C18H14F2N2O4. The molecule has 2 heterocycles. The predicted octanol–water partition coefficient (Wildman–Crippen LogP) is 3.27. The lowest BCUT2D eigenvalue weighted by Gasteiger charge is -2.27. The number of benzene rings is 2. The quantitative estimate of drug-likeness (QED) is 0.776. The van der Waals surface area contributed by atoms with Crippen LogP contribution in [0.2, 0.25) is 0 Å². The standard InChI is InChI=1S/C18H14F2N2O4/c1-9-21-13-3-2-10(18(23)24)6-14(13)22(9)26-15-4-5-25-16-8-11(19)7-12(20)17(15)16/h2-3,6-8,15H,4-5H2,1H3,(H,23,24). The van der Waals surface area contributed by atoms with Gasteiger partial charge < -0.3 is 14.7 Å². The second kappa shape index (κ2) is 5.98. The van der Waals surface area contributed by atoms with E-state index in [-0.39, 0.29) is 23.5 Å². The molecule has 26 heavy (non-hydrogen) atoms. The number of imidazole rings is 1. The fourth-order valence-corrected chi connectivity index (χ4v) is 3.09. The number of aromatic nitrogens is 2. The van der Waals surface area contributed by atoms with Crippen molar-refractivity contribution >= 4 is 17.0 Å². The van der Waals surface area contributed by atoms with Gasteiger partial charge in [-0.15, -0.1) is 0 Å². The minimum atomic E-state index is -1.07. The zero-order valence-corrected chi connectivity index (χ0v) is 13.7. The largest absolute Gasteiger partial charge is 0.493 e. The summed E-state index contributed by atoms with van der Waals surface area (Å²) in [7, 11) is 0. The molecule has 134 valence electrons. The third-order valence-corrected chi connectivity index (χ3v) is 4.27. The molecule has 1 N–H and O–H groups in total. The molecule has 3 aromatic rings. The van der Waals surface area contributed by atoms with Crippen molar-refractivity contribution in [2.24, 2.45) is 0 Å². The summed E-state index contributed by atoms with van der Waals surface area (Å²) in [6, 6.07) is 6.38. The molecule has 0 aliphatic carbocycles. The van der Waals surface area contributed by atoms with Gasteiger partial charge in [0.1, 0.15) is 28.7 Å². The number of rotatable bonds is 3. The highest BCUT2D eigenvalue weighted by molar-refractivity contribution is 5.92. The molecule has 0 fully saturated rings. The third kappa shape index (κ3) is 2.63. The Morgan fingerprint density at radius 1 is 1.35 bits per heavy atom. The zero-order chi connectivity index (χ0) is 18.4. The van der Waals surface area contributed by atoms with E-state index < -0.39 is 23.7 Å². The van der Waals surface area contributed by atoms with Crippen LogP contribution in [0, 0.1) is 18.6 Å². The molecule has 0 bridgehead atoms. The predicted molar refractivity (Wildman–Crippen MR) is 87.2 cm³/mol. The Balaban J connectivity index is 1.78. The van der Waals surface area contributed by atoms with Gasteiger partial charge in [-0.3, -0.25) is 0 Å². The highest BCUT2D eigenvalue weighted by Gasteiger charge is 2.29. The molecular weight excluding hydrogens is 346 g/mol. The number of aromatic carboxylic acids is 1. The molecule has 1 aromatic heterocycles. The minimum absolute atomic E-state index is 0.0860. The number of carbonyl (C=O) groups is 1. The summed E-state index contributed by atoms with van der Waals surface area (Å²) in [5.41, 5.74) is 1.23. The van der Waals surface area contributed by atoms with Gasteiger partial charge in [0.25, 0.3) is 0 Å². The van der Waals surface area contributed by atoms with E-state index in [1.807, 2.05) is 0 Å². The molecule has 4 rings (SSSR count). The summed E-state index contributed by atoms with van der Waals surface area (Å²) in [6.45, 7) is 1.94. The third-order valence-electron chi connectivity index (χ3n) is 4.27. The fraction of sp³-hybridized carbons (Fsp3) is 0.222. The number of hydrogen-bond acceptors (Lipinski definition) is 4. The van der Waals surface area contributed by atoms with Gasteiger partial charge in [0.15, 0.2) is 6.10 Å². The number of hydrogen-bond donors (Lipinski definition) is 1. The summed E-state index contributed by atoms with van der Waals surface area (Å²) < 4.78 is 34.4. The van der Waals surface area contributed by atoms with E-state index in [9.17, 15) is 18.7 Å². The molecule has 1 aliphatic rings. The first-order valence-electron chi connectivity index (χ1n) is 7.95. The second-order valence-electron chi connectivity index (χ2n) is 5.99. The summed E-state index contributed by atoms with van der Waals surface area (Å²) in [5.74, 6) is -1.96. The minimum Gasteiger partial charge on any atom is -0.493 e. The lowest BCUT2D eigenvalue weighted by atomic mass is 10.0. The maximum absolute atomic E-state index is 14.3. The smallest absolute Gasteiger partial charge is 0.335 e. The van der Waals surface area contributed by atoms with E-state index in [0.717, 1.165) is 12.1 Å². The lowest BCUT2D eigenvalue weighted by Crippen LogP contribution is -2.26. The number of halogens is 2. The van der Waals surface area contributed by atoms with Gasteiger partial charge in [-0.2, -0.15) is 4.73 Å². The van der Waals surface area contributed by atoms with Gasteiger partial charge in [0.2, 0.25) is 0 Å². The van der Waals surface area contributed by atoms with Crippen molar-refractivity contribution in [3.8, 4) is 5.75 Å². The first-order valence-corrected chi connectivity index (χ1v) is 7.95. The van der Waals surface area contributed by atoms with Crippen molar-refractivity contribution in [1.29, 1.82) is 0 Å². The maximum atomic E-state index is 14.3. The molecule has 1 aliphatic heterocycles. The summed E-state index contributed by atoms with van der Waals surface area (Å²) in [6.07, 6.45) is -0.364. The van der Waals surface area contributed by atoms with Gasteiger partial charge in [-0.05, 0) is 25.1 Å². The van der Waals surface area contributed by atoms with Crippen molar-refractivity contribution in [3.05, 3.63) is 58.9 Å². The number of carboxylic acids is 1. The Hall–Kier alpha value is -3.16. The van der Waals surface area contributed by atoms with E-state index in [2.05, 4.69) is 4.98 Å². The van der Waals surface area contributed by atoms with Crippen LogP contribution in [0.5, 0.6) is 5.75 Å². The second-order valence-corrected chi connectivity index (χ2v) is 5.99. The highest BCUT2D eigenvalue weighted by Crippen LogP contribution is 2.36. The van der Waals surface area contributed by atoms with Gasteiger partial charge in [-0.1, -0.05) is 0 Å². The van der Waals surface area contributed by atoms with E-state index in [0.29, 0.717) is 23.3 Å². The SMILES string of the molecule is Cc1nc2ccc(C(=O)O)cc2n1OC1CCOc2cc(F)cc(F)c21. The van der Waals surface area contributed by atoms with Crippen LogP contribution in [0.1, 0.15) is 34.3 Å². The average Bonchev–Trinajstić information content (AvgIpc) is 2.89. The lowest BCUT2D eigenvalue weighted by molar-refractivity contribution is 0.0114. The van der Waals surface area contributed by atoms with Gasteiger partial charge >= 0.3 is 5.97 Å². The van der Waals surface area contributed by atoms with Crippen LogP contribution >= 0.6 is 0 Å². The molecule has 0 saturated heterocycles. The Labute approximate surface area is 146 Å². The van der Waals surface area contributed by atoms with Crippen LogP contribution in [0.4, 0.5) is 8.78 Å². The molecule has 2 aromatic carbocycles. The van der Waals surface area contributed by atoms with Crippen molar-refractivity contribution in [3.63, 3.8) is 0 Å². The fourth-order valence-electron chi connectivity index (χ4n) is 3.09. The van der Waals surface area contributed by atoms with Crippen LogP contribution in [0.25, 0.3) is 11.0 Å². The first-order chi connectivity index (χ1) is 12.4. The Morgan fingerprint density at radius 2 is 2.15 bits per heavy atom. The van der Waals surface area contributed by atoms with E-state index in [1.54, 1.807) is 13.0 Å². The molecule has 0 saturated carbocycles. The van der Waals surface area contributed by atoms with Crippen molar-refractivity contribution in [2.45, 2.75) is 19.4 Å². The molecule has 8 heteroatoms. The topological polar surface area (TPSA) is 73.6 Å². The molecule has 1 atom stereocenters. The Bertz CT molecular complexity index is 1030. The van der Waals surface area contributed by atoms with Crippen molar-refractivity contribution < 1.29 is 28.3 Å². The Morgan fingerprint density at radius 3 is 2.92 bits per heavy atom. The molecule has 0 spiro atoms. The molecule has 0 radical (unpaired) electrons. The van der Waals surface area contributed by atoms with Gasteiger partial charge in [0, 0.05) is 18.6 Å². The molecule has 6 nitrogen and oxygen atoms in total. The molecule has 1 unspecified atom stereocenters. The van der Waals surface area contributed by atoms with Crippen molar-refractivity contribution in [1.82, 2.24) is 9.71 Å². The summed E-state index contributed by atoms with van der Waals surface area (Å²) >= 11 is 0. The van der Waals surface area contributed by atoms with Crippen LogP contribution in [-0.4, -0.2) is 27.4 Å². The monoisotopic (exact) mass is 360 g/mol. The highest BCUT2D eigenvalue weighted by atomic mass is 19.1. The number of fused-ring (bicyclic) bond motifs is 2. The van der Waals surface area contributed by atoms with Crippen LogP contribution in [-0.2, 0) is 0 Å². The van der Waals surface area contributed by atoms with E-state index >= 15 is 0 Å². The first kappa shape index (κ1) is 16.3. The van der Waals surface area contributed by atoms with Crippen LogP contribution in [0.3, 0.4) is 0 Å².